The van der Waals surface area contributed by atoms with Crippen LogP contribution in [0.4, 0.5) is 0 Å². The zero-order valence-corrected chi connectivity index (χ0v) is 10.8. The molecule has 0 saturated heterocycles. The number of aryl methyl sites for hydroxylation is 1. The minimum absolute atomic E-state index is 0.0440. The van der Waals surface area contributed by atoms with Gasteiger partial charge in [-0.15, -0.1) is 5.10 Å². The molecule has 0 aromatic carbocycles. The Kier molecular flexibility index (Phi) is 3.84. The third-order valence-electron chi connectivity index (χ3n) is 2.67. The zero-order chi connectivity index (χ0) is 13.8. The van der Waals surface area contributed by atoms with Gasteiger partial charge >= 0.3 is 5.97 Å². The molecule has 1 atom stereocenters. The maximum absolute atomic E-state index is 10.7. The van der Waals surface area contributed by atoms with E-state index < -0.39 is 5.97 Å². The maximum Gasteiger partial charge on any atom is 0.303 e. The number of carboxylic acids is 1. The third kappa shape index (κ3) is 3.34. The second-order valence-corrected chi connectivity index (χ2v) is 4.64. The van der Waals surface area contributed by atoms with Crippen molar-refractivity contribution in [2.75, 3.05) is 0 Å². The summed E-state index contributed by atoms with van der Waals surface area (Å²) < 4.78 is 1.62. The number of pyridine rings is 1. The molecule has 0 aliphatic rings. The first-order valence-corrected chi connectivity index (χ1v) is 5.96. The van der Waals surface area contributed by atoms with Gasteiger partial charge in [0.25, 0.3) is 0 Å². The van der Waals surface area contributed by atoms with E-state index >= 15 is 0 Å². The SMILES string of the molecule is Cc1cncc(-c2nnnn2CC(C)CC(=O)O)c1. The van der Waals surface area contributed by atoms with Crippen LogP contribution in [0.2, 0.25) is 0 Å². The third-order valence-corrected chi connectivity index (χ3v) is 2.67. The van der Waals surface area contributed by atoms with Crippen LogP contribution in [0.25, 0.3) is 11.4 Å². The molecular formula is C12H15N5O2. The van der Waals surface area contributed by atoms with Gasteiger partial charge < -0.3 is 5.11 Å². The van der Waals surface area contributed by atoms with Crippen molar-refractivity contribution in [3.05, 3.63) is 24.0 Å². The second kappa shape index (κ2) is 5.55. The Balaban J connectivity index is 2.20. The van der Waals surface area contributed by atoms with Crippen LogP contribution in [0.3, 0.4) is 0 Å². The van der Waals surface area contributed by atoms with E-state index in [4.69, 9.17) is 5.11 Å². The molecule has 100 valence electrons. The van der Waals surface area contributed by atoms with Gasteiger partial charge in [0.1, 0.15) is 0 Å². The molecule has 0 aliphatic carbocycles. The molecule has 0 saturated carbocycles. The summed E-state index contributed by atoms with van der Waals surface area (Å²) in [6.45, 7) is 4.26. The lowest BCUT2D eigenvalue weighted by Gasteiger charge is -2.09. The molecule has 1 unspecified atom stereocenters. The van der Waals surface area contributed by atoms with E-state index in [1.807, 2.05) is 19.9 Å². The van der Waals surface area contributed by atoms with E-state index in [0.717, 1.165) is 11.1 Å². The minimum atomic E-state index is -0.820. The first kappa shape index (κ1) is 13.1. The highest BCUT2D eigenvalue weighted by molar-refractivity contribution is 5.66. The molecule has 0 amide bonds. The monoisotopic (exact) mass is 261 g/mol. The normalized spacial score (nSPS) is 12.3. The van der Waals surface area contributed by atoms with Crippen LogP contribution in [0.15, 0.2) is 18.5 Å². The largest absolute Gasteiger partial charge is 0.481 e. The molecule has 7 nitrogen and oxygen atoms in total. The molecule has 0 bridgehead atoms. The molecule has 2 aromatic rings. The molecule has 1 N–H and O–H groups in total. The first-order valence-electron chi connectivity index (χ1n) is 5.96. The molecule has 0 radical (unpaired) electrons. The number of tetrazole rings is 1. The Morgan fingerprint density at radius 1 is 1.47 bits per heavy atom. The summed E-state index contributed by atoms with van der Waals surface area (Å²) in [5.41, 5.74) is 1.85. The summed E-state index contributed by atoms with van der Waals surface area (Å²) in [5, 5.41) is 20.3. The molecular weight excluding hydrogens is 246 g/mol. The Hall–Kier alpha value is -2.31. The van der Waals surface area contributed by atoms with Gasteiger partial charge in [-0.05, 0) is 34.9 Å². The summed E-state index contributed by atoms with van der Waals surface area (Å²) in [4.78, 5) is 14.8. The topological polar surface area (TPSA) is 93.8 Å². The number of carbonyl (C=O) groups is 1. The summed E-state index contributed by atoms with van der Waals surface area (Å²) >= 11 is 0. The van der Waals surface area contributed by atoms with Crippen LogP contribution in [0, 0.1) is 12.8 Å². The smallest absolute Gasteiger partial charge is 0.303 e. The van der Waals surface area contributed by atoms with Gasteiger partial charge in [0.15, 0.2) is 5.82 Å². The average molecular weight is 261 g/mol. The molecule has 7 heteroatoms. The fourth-order valence-corrected chi connectivity index (χ4v) is 1.87. The molecule has 2 rings (SSSR count). The van der Waals surface area contributed by atoms with E-state index in [-0.39, 0.29) is 12.3 Å². The van der Waals surface area contributed by atoms with E-state index in [1.54, 1.807) is 17.1 Å². The minimum Gasteiger partial charge on any atom is -0.481 e. The van der Waals surface area contributed by atoms with Crippen molar-refractivity contribution >= 4 is 5.97 Å². The van der Waals surface area contributed by atoms with E-state index in [2.05, 4.69) is 20.5 Å². The average Bonchev–Trinajstić information content (AvgIpc) is 2.75. The van der Waals surface area contributed by atoms with Gasteiger partial charge in [-0.3, -0.25) is 9.78 Å². The molecule has 2 heterocycles. The molecule has 0 aliphatic heterocycles. The van der Waals surface area contributed by atoms with Crippen LogP contribution in [-0.2, 0) is 11.3 Å². The van der Waals surface area contributed by atoms with Gasteiger partial charge in [-0.25, -0.2) is 4.68 Å². The van der Waals surface area contributed by atoms with Crippen LogP contribution in [0.1, 0.15) is 18.9 Å². The Bertz CT molecular complexity index is 581. The first-order chi connectivity index (χ1) is 9.06. The lowest BCUT2D eigenvalue weighted by atomic mass is 10.1. The fourth-order valence-electron chi connectivity index (χ4n) is 1.87. The summed E-state index contributed by atoms with van der Waals surface area (Å²) in [5.74, 6) is -0.259. The number of carboxylic acid groups (broad SMARTS) is 1. The number of hydrogen-bond acceptors (Lipinski definition) is 5. The van der Waals surface area contributed by atoms with E-state index in [0.29, 0.717) is 12.4 Å². The van der Waals surface area contributed by atoms with E-state index in [9.17, 15) is 4.79 Å². The summed E-state index contributed by atoms with van der Waals surface area (Å²) in [7, 11) is 0. The maximum atomic E-state index is 10.7. The quantitative estimate of drug-likeness (QED) is 0.867. The highest BCUT2D eigenvalue weighted by Crippen LogP contribution is 2.17. The molecule has 19 heavy (non-hydrogen) atoms. The summed E-state index contributed by atoms with van der Waals surface area (Å²) in [6.07, 6.45) is 3.53. The Morgan fingerprint density at radius 3 is 2.95 bits per heavy atom. The molecule has 2 aromatic heterocycles. The Morgan fingerprint density at radius 2 is 2.26 bits per heavy atom. The van der Waals surface area contributed by atoms with Crippen LogP contribution < -0.4 is 0 Å². The van der Waals surface area contributed by atoms with Crippen LogP contribution in [0.5, 0.6) is 0 Å². The predicted octanol–water partition coefficient (Wildman–Crippen LogP) is 1.15. The van der Waals surface area contributed by atoms with Crippen LogP contribution >= 0.6 is 0 Å². The molecule has 0 spiro atoms. The van der Waals surface area contributed by atoms with Gasteiger partial charge in [-0.1, -0.05) is 6.92 Å². The van der Waals surface area contributed by atoms with Crippen molar-refractivity contribution in [2.45, 2.75) is 26.8 Å². The standard InChI is InChI=1S/C12H15N5O2/c1-8-3-10(6-13-5-8)12-14-15-16-17(12)7-9(2)4-11(18)19/h3,5-6,9H,4,7H2,1-2H3,(H,18,19). The van der Waals surface area contributed by atoms with Gasteiger partial charge in [0.2, 0.25) is 0 Å². The lowest BCUT2D eigenvalue weighted by Crippen LogP contribution is -2.14. The van der Waals surface area contributed by atoms with Crippen molar-refractivity contribution in [2.24, 2.45) is 5.92 Å². The van der Waals surface area contributed by atoms with Gasteiger partial charge in [0.05, 0.1) is 0 Å². The number of aliphatic carboxylic acids is 1. The number of aromatic nitrogens is 5. The van der Waals surface area contributed by atoms with Gasteiger partial charge in [-0.2, -0.15) is 0 Å². The van der Waals surface area contributed by atoms with E-state index in [1.165, 1.54) is 0 Å². The van der Waals surface area contributed by atoms with Crippen LogP contribution in [-0.4, -0.2) is 36.3 Å². The van der Waals surface area contributed by atoms with Crippen molar-refractivity contribution in [1.29, 1.82) is 0 Å². The molecule has 0 fully saturated rings. The highest BCUT2D eigenvalue weighted by Gasteiger charge is 2.14. The van der Waals surface area contributed by atoms with Gasteiger partial charge in [0, 0.05) is 30.9 Å². The fraction of sp³-hybridized carbons (Fsp3) is 0.417. The Labute approximate surface area is 110 Å². The second-order valence-electron chi connectivity index (χ2n) is 4.64. The number of nitrogens with zero attached hydrogens (tertiary/aromatic N) is 5. The van der Waals surface area contributed by atoms with Crippen molar-refractivity contribution in [1.82, 2.24) is 25.2 Å². The summed E-state index contributed by atoms with van der Waals surface area (Å²) in [6, 6.07) is 1.94. The zero-order valence-electron chi connectivity index (χ0n) is 10.8. The van der Waals surface area contributed by atoms with Crippen molar-refractivity contribution in [3.63, 3.8) is 0 Å². The predicted molar refractivity (Wildman–Crippen MR) is 67.2 cm³/mol. The highest BCUT2D eigenvalue weighted by atomic mass is 16.4. The van der Waals surface area contributed by atoms with Crippen molar-refractivity contribution in [3.8, 4) is 11.4 Å². The number of hydrogen-bond donors (Lipinski definition) is 1. The lowest BCUT2D eigenvalue weighted by molar-refractivity contribution is -0.138. The number of rotatable bonds is 5. The van der Waals surface area contributed by atoms with Crippen molar-refractivity contribution < 1.29 is 9.90 Å².